The molecule has 0 spiro atoms. The van der Waals surface area contributed by atoms with E-state index >= 15 is 0 Å². The van der Waals surface area contributed by atoms with Gasteiger partial charge in [-0.05, 0) is 17.9 Å². The van der Waals surface area contributed by atoms with Gasteiger partial charge < -0.3 is 31.9 Å². The second-order valence-electron chi connectivity index (χ2n) is 8.10. The number of carbonyl (C=O) groups excluding carboxylic acids is 3. The van der Waals surface area contributed by atoms with E-state index in [-0.39, 0.29) is 24.5 Å². The van der Waals surface area contributed by atoms with Crippen molar-refractivity contribution in [3.8, 4) is 0 Å². The van der Waals surface area contributed by atoms with Gasteiger partial charge in [0.25, 0.3) is 0 Å². The Labute approximate surface area is 203 Å². The highest BCUT2D eigenvalue weighted by atomic mass is 32.1. The lowest BCUT2D eigenvalue weighted by atomic mass is 10.0. The van der Waals surface area contributed by atoms with Crippen molar-refractivity contribution in [1.82, 2.24) is 16.0 Å². The lowest BCUT2D eigenvalue weighted by molar-refractivity contribution is -0.143. The number of benzene rings is 1. The lowest BCUT2D eigenvalue weighted by Gasteiger charge is -2.25. The van der Waals surface area contributed by atoms with Gasteiger partial charge in [-0.2, -0.15) is 12.6 Å². The molecule has 0 aromatic heterocycles. The molecule has 0 saturated carbocycles. The van der Waals surface area contributed by atoms with Crippen LogP contribution in [0.3, 0.4) is 0 Å². The van der Waals surface area contributed by atoms with Gasteiger partial charge >= 0.3 is 11.9 Å². The van der Waals surface area contributed by atoms with Crippen LogP contribution in [-0.4, -0.2) is 69.8 Å². The Morgan fingerprint density at radius 1 is 0.882 bits per heavy atom. The summed E-state index contributed by atoms with van der Waals surface area (Å²) >= 11 is 4.10. The van der Waals surface area contributed by atoms with Crippen LogP contribution in [0.2, 0.25) is 0 Å². The summed E-state index contributed by atoms with van der Waals surface area (Å²) in [5.41, 5.74) is 6.51. The summed E-state index contributed by atoms with van der Waals surface area (Å²) in [6, 6.07) is 4.12. The molecule has 0 aliphatic carbocycles. The van der Waals surface area contributed by atoms with Crippen LogP contribution >= 0.6 is 12.6 Å². The lowest BCUT2D eigenvalue weighted by Crippen LogP contribution is -2.58. The van der Waals surface area contributed by atoms with Gasteiger partial charge in [-0.1, -0.05) is 44.2 Å². The topological polar surface area (TPSA) is 188 Å². The third-order valence-corrected chi connectivity index (χ3v) is 5.38. The van der Waals surface area contributed by atoms with E-state index in [1.165, 1.54) is 0 Å². The van der Waals surface area contributed by atoms with E-state index in [0.717, 1.165) is 0 Å². The number of aliphatic carboxylic acids is 2. The minimum absolute atomic E-state index is 0.0302. The van der Waals surface area contributed by atoms with E-state index in [1.54, 1.807) is 44.2 Å². The second kappa shape index (κ2) is 14.2. The van der Waals surface area contributed by atoms with Crippen LogP contribution < -0.4 is 21.7 Å². The first kappa shape index (κ1) is 28.9. The van der Waals surface area contributed by atoms with E-state index < -0.39 is 60.2 Å². The Morgan fingerprint density at radius 3 is 1.91 bits per heavy atom. The van der Waals surface area contributed by atoms with Crippen molar-refractivity contribution in [2.45, 2.75) is 57.3 Å². The zero-order valence-corrected chi connectivity index (χ0v) is 20.0. The number of carboxylic acids is 2. The number of hydrogen-bond acceptors (Lipinski definition) is 7. The smallest absolute Gasteiger partial charge is 0.326 e. The summed E-state index contributed by atoms with van der Waals surface area (Å²) in [5.74, 6) is -4.90. The highest BCUT2D eigenvalue weighted by molar-refractivity contribution is 7.80. The number of carboxylic acid groups (broad SMARTS) is 2. The van der Waals surface area contributed by atoms with Gasteiger partial charge in [-0.25, -0.2) is 4.79 Å². The molecule has 0 fully saturated rings. The minimum Gasteiger partial charge on any atom is -0.481 e. The molecule has 1 aromatic carbocycles. The van der Waals surface area contributed by atoms with Crippen LogP contribution in [0.4, 0.5) is 0 Å². The standard InChI is InChI=1S/C22H32N4O7S/c1-12(2)18(23)21(31)26-16(11-34)20(30)25-15(10-13-6-4-3-5-7-13)19(29)24-14(22(32)33)8-9-17(27)28/h3-7,12,14-16,18,34H,8-11,23H2,1-2H3,(H,24,29)(H,25,30)(H,26,31)(H,27,28)(H,32,33). The molecule has 7 N–H and O–H groups in total. The maximum atomic E-state index is 12.9. The fraction of sp³-hybridized carbons (Fsp3) is 0.500. The maximum absolute atomic E-state index is 12.9. The van der Waals surface area contributed by atoms with Crippen molar-refractivity contribution in [3.05, 3.63) is 35.9 Å². The van der Waals surface area contributed by atoms with Gasteiger partial charge in [-0.15, -0.1) is 0 Å². The highest BCUT2D eigenvalue weighted by Gasteiger charge is 2.30. The predicted molar refractivity (Wildman–Crippen MR) is 127 cm³/mol. The highest BCUT2D eigenvalue weighted by Crippen LogP contribution is 2.07. The summed E-state index contributed by atoms with van der Waals surface area (Å²) in [7, 11) is 0. The SMILES string of the molecule is CC(C)C(N)C(=O)NC(CS)C(=O)NC(Cc1ccccc1)C(=O)NC(CCC(=O)O)C(=O)O. The molecular weight excluding hydrogens is 464 g/mol. The third-order valence-electron chi connectivity index (χ3n) is 5.01. The van der Waals surface area contributed by atoms with Crippen LogP contribution in [0.1, 0.15) is 32.3 Å². The molecular formula is C22H32N4O7S. The summed E-state index contributed by atoms with van der Waals surface area (Å²) in [5, 5.41) is 25.5. The number of hydrogen-bond donors (Lipinski definition) is 7. The molecule has 0 aliphatic rings. The Morgan fingerprint density at radius 2 is 1.41 bits per heavy atom. The molecule has 1 aromatic rings. The van der Waals surface area contributed by atoms with Crippen molar-refractivity contribution < 1.29 is 34.2 Å². The quantitative estimate of drug-likeness (QED) is 0.169. The zero-order valence-electron chi connectivity index (χ0n) is 19.1. The fourth-order valence-electron chi connectivity index (χ4n) is 2.89. The van der Waals surface area contributed by atoms with Crippen molar-refractivity contribution in [2.24, 2.45) is 11.7 Å². The largest absolute Gasteiger partial charge is 0.481 e. The van der Waals surface area contributed by atoms with Gasteiger partial charge in [-0.3, -0.25) is 19.2 Å². The Balaban J connectivity index is 3.02. The number of rotatable bonds is 14. The summed E-state index contributed by atoms with van der Waals surface area (Å²) in [4.78, 5) is 60.3. The molecule has 0 radical (unpaired) electrons. The molecule has 3 amide bonds. The molecule has 188 valence electrons. The number of thiol groups is 1. The molecule has 4 unspecified atom stereocenters. The van der Waals surface area contributed by atoms with Gasteiger partial charge in [0.1, 0.15) is 18.1 Å². The van der Waals surface area contributed by atoms with Crippen LogP contribution in [-0.2, 0) is 30.4 Å². The molecule has 11 nitrogen and oxygen atoms in total. The first-order valence-electron chi connectivity index (χ1n) is 10.7. The average Bonchev–Trinajstić information content (AvgIpc) is 2.78. The molecule has 0 bridgehead atoms. The van der Waals surface area contributed by atoms with Crippen molar-refractivity contribution in [1.29, 1.82) is 0 Å². The molecule has 0 saturated heterocycles. The third kappa shape index (κ3) is 9.79. The molecule has 34 heavy (non-hydrogen) atoms. The molecule has 4 atom stereocenters. The van der Waals surface area contributed by atoms with Crippen molar-refractivity contribution >= 4 is 42.3 Å². The first-order valence-corrected chi connectivity index (χ1v) is 11.4. The molecule has 0 heterocycles. The average molecular weight is 497 g/mol. The van der Waals surface area contributed by atoms with Crippen LogP contribution in [0.25, 0.3) is 0 Å². The summed E-state index contributed by atoms with van der Waals surface area (Å²) < 4.78 is 0. The second-order valence-corrected chi connectivity index (χ2v) is 8.46. The first-order chi connectivity index (χ1) is 16.0. The number of nitrogens with one attached hydrogen (secondary N) is 3. The Kier molecular flexibility index (Phi) is 12.1. The van der Waals surface area contributed by atoms with E-state index in [2.05, 4.69) is 28.6 Å². The minimum atomic E-state index is -1.46. The summed E-state index contributed by atoms with van der Waals surface area (Å²) in [6.45, 7) is 3.51. The molecule has 0 aliphatic heterocycles. The normalized spacial score (nSPS) is 14.4. The maximum Gasteiger partial charge on any atom is 0.326 e. The van der Waals surface area contributed by atoms with Crippen molar-refractivity contribution in [3.63, 3.8) is 0 Å². The van der Waals surface area contributed by atoms with E-state index in [1.807, 2.05) is 0 Å². The van der Waals surface area contributed by atoms with Crippen LogP contribution in [0.15, 0.2) is 30.3 Å². The Bertz CT molecular complexity index is 866. The molecule has 12 heteroatoms. The fourth-order valence-corrected chi connectivity index (χ4v) is 3.15. The number of nitrogens with two attached hydrogens (primary N) is 1. The summed E-state index contributed by atoms with van der Waals surface area (Å²) in [6.07, 6.45) is -0.760. The van der Waals surface area contributed by atoms with Gasteiger partial charge in [0, 0.05) is 18.6 Å². The number of amides is 3. The van der Waals surface area contributed by atoms with Crippen molar-refractivity contribution in [2.75, 3.05) is 5.75 Å². The van der Waals surface area contributed by atoms with Gasteiger partial charge in [0.15, 0.2) is 0 Å². The van der Waals surface area contributed by atoms with Crippen LogP contribution in [0.5, 0.6) is 0 Å². The van der Waals surface area contributed by atoms with Gasteiger partial charge in [0.05, 0.1) is 6.04 Å². The monoisotopic (exact) mass is 496 g/mol. The van der Waals surface area contributed by atoms with E-state index in [9.17, 15) is 29.1 Å². The van der Waals surface area contributed by atoms with E-state index in [4.69, 9.17) is 10.8 Å². The number of carbonyl (C=O) groups is 5. The van der Waals surface area contributed by atoms with Crippen LogP contribution in [0, 0.1) is 5.92 Å². The van der Waals surface area contributed by atoms with E-state index in [0.29, 0.717) is 5.56 Å². The van der Waals surface area contributed by atoms with Gasteiger partial charge in [0.2, 0.25) is 17.7 Å². The zero-order chi connectivity index (χ0) is 25.8. The predicted octanol–water partition coefficient (Wildman–Crippen LogP) is -0.454. The Hall–Kier alpha value is -3.12. The molecule has 1 rings (SSSR count).